The third-order valence-electron chi connectivity index (χ3n) is 0.554. The molecule has 0 aliphatic rings. The summed E-state index contributed by atoms with van der Waals surface area (Å²) in [4.78, 5) is 26.0. The average Bonchev–Trinajstić information content (AvgIpc) is 1.64. The molecule has 0 aliphatic heterocycles. The molecule has 51 valence electrons. The van der Waals surface area contributed by atoms with Crippen LogP contribution in [-0.4, -0.2) is 73.7 Å². The molecule has 0 amide bonds. The Labute approximate surface area is 97.5 Å². The van der Waals surface area contributed by atoms with Crippen molar-refractivity contribution >= 4 is 57.7 Å². The van der Waals surface area contributed by atoms with Crippen LogP contribution in [0.2, 0.25) is 0 Å². The van der Waals surface area contributed by atoms with Gasteiger partial charge in [-0.25, -0.2) is 0 Å². The second-order valence-electron chi connectivity index (χ2n) is 1.12. The molecule has 8 heteroatoms. The van der Waals surface area contributed by atoms with Crippen molar-refractivity contribution in [1.29, 1.82) is 0 Å². The fourth-order valence-corrected chi connectivity index (χ4v) is 0.176. The molecule has 0 aliphatic carbocycles. The minimum Gasteiger partial charge on any atom is -0.287 e. The van der Waals surface area contributed by atoms with Crippen LogP contribution >= 0.6 is 0 Å². The van der Waals surface area contributed by atoms with Crippen LogP contribution in [0.1, 0.15) is 0 Å². The SMILES string of the molecule is O=CC([N+](=O)[O-])[N+](=O)[O-].[K]. The van der Waals surface area contributed by atoms with E-state index in [0.29, 0.717) is 0 Å². The summed E-state index contributed by atoms with van der Waals surface area (Å²) in [5, 5.41) is 19.0. The third kappa shape index (κ3) is 4.01. The Balaban J connectivity index is 0. The molecule has 0 aromatic rings. The molecule has 0 spiro atoms. The van der Waals surface area contributed by atoms with Crippen molar-refractivity contribution in [3.63, 3.8) is 0 Å². The number of hydrogen-bond donors (Lipinski definition) is 0. The van der Waals surface area contributed by atoms with E-state index in [1.165, 1.54) is 0 Å². The molecule has 0 saturated carbocycles. The van der Waals surface area contributed by atoms with Crippen molar-refractivity contribution in [2.75, 3.05) is 0 Å². The molecular formula is C2H2KN2O5. The second-order valence-corrected chi connectivity index (χ2v) is 1.12. The summed E-state index contributed by atoms with van der Waals surface area (Å²) in [7, 11) is 0. The molecule has 0 aromatic heterocycles. The first-order valence-electron chi connectivity index (χ1n) is 1.82. The monoisotopic (exact) mass is 173 g/mol. The molecule has 0 atom stereocenters. The number of carbonyl (C=O) groups is 1. The Morgan fingerprint density at radius 3 is 1.50 bits per heavy atom. The van der Waals surface area contributed by atoms with Gasteiger partial charge in [0, 0.05) is 51.4 Å². The largest absolute Gasteiger partial charge is 0.505 e. The van der Waals surface area contributed by atoms with E-state index in [9.17, 15) is 25.0 Å². The summed E-state index contributed by atoms with van der Waals surface area (Å²) in [5.74, 6) is 0. The molecule has 0 saturated heterocycles. The van der Waals surface area contributed by atoms with E-state index in [2.05, 4.69) is 0 Å². The molecule has 0 unspecified atom stereocenters. The van der Waals surface area contributed by atoms with Gasteiger partial charge in [-0.15, -0.1) is 0 Å². The van der Waals surface area contributed by atoms with E-state index in [1.54, 1.807) is 0 Å². The van der Waals surface area contributed by atoms with E-state index in [0.717, 1.165) is 0 Å². The number of rotatable bonds is 3. The summed E-state index contributed by atoms with van der Waals surface area (Å²) in [6.07, 6.45) is -2.65. The molecule has 10 heavy (non-hydrogen) atoms. The van der Waals surface area contributed by atoms with Crippen LogP contribution in [0, 0.1) is 20.2 Å². The van der Waals surface area contributed by atoms with Gasteiger partial charge < -0.3 is 0 Å². The first-order valence-corrected chi connectivity index (χ1v) is 1.82. The number of nitro groups is 2. The number of hydrogen-bond acceptors (Lipinski definition) is 5. The minimum atomic E-state index is -2.31. The van der Waals surface area contributed by atoms with E-state index >= 15 is 0 Å². The fraction of sp³-hybridized carbons (Fsp3) is 0.500. The van der Waals surface area contributed by atoms with Crippen LogP contribution in [-0.2, 0) is 4.79 Å². The summed E-state index contributed by atoms with van der Waals surface area (Å²) >= 11 is 0. The predicted octanol–water partition coefficient (Wildman–Crippen LogP) is -1.32. The van der Waals surface area contributed by atoms with Gasteiger partial charge in [-0.05, 0) is 0 Å². The Morgan fingerprint density at radius 2 is 1.50 bits per heavy atom. The third-order valence-corrected chi connectivity index (χ3v) is 0.554. The number of nitrogens with zero attached hydrogens (tertiary/aromatic N) is 2. The minimum absolute atomic E-state index is 0. The van der Waals surface area contributed by atoms with Gasteiger partial charge in [0.2, 0.25) is 0 Å². The van der Waals surface area contributed by atoms with Crippen LogP contribution in [0.3, 0.4) is 0 Å². The zero-order chi connectivity index (χ0) is 7.44. The average molecular weight is 173 g/mol. The molecular weight excluding hydrogens is 171 g/mol. The van der Waals surface area contributed by atoms with Crippen molar-refractivity contribution in [3.8, 4) is 0 Å². The molecule has 0 aromatic carbocycles. The molecule has 1 radical (unpaired) electrons. The van der Waals surface area contributed by atoms with Gasteiger partial charge in [0.15, 0.2) is 0 Å². The van der Waals surface area contributed by atoms with Gasteiger partial charge in [-0.1, -0.05) is 0 Å². The summed E-state index contributed by atoms with van der Waals surface area (Å²) in [5.41, 5.74) is 0. The van der Waals surface area contributed by atoms with E-state index in [-0.39, 0.29) is 57.7 Å². The fourth-order valence-electron chi connectivity index (χ4n) is 0.176. The molecule has 7 nitrogen and oxygen atoms in total. The summed E-state index contributed by atoms with van der Waals surface area (Å²) in [6.45, 7) is 0. The standard InChI is InChI=1S/C2H2N2O5.K/c5-1-2(3(6)7)4(8)9;/h1-2H;. The molecule has 0 fully saturated rings. The van der Waals surface area contributed by atoms with E-state index in [1.807, 2.05) is 0 Å². The van der Waals surface area contributed by atoms with Gasteiger partial charge in [0.25, 0.3) is 6.29 Å². The van der Waals surface area contributed by atoms with Crippen LogP contribution in [0.15, 0.2) is 0 Å². The second kappa shape index (κ2) is 5.86. The maximum Gasteiger partial charge on any atom is 0.505 e. The number of aldehydes is 1. The van der Waals surface area contributed by atoms with Crippen molar-refractivity contribution in [2.45, 2.75) is 6.17 Å². The van der Waals surface area contributed by atoms with Crippen molar-refractivity contribution in [3.05, 3.63) is 20.2 Å². The predicted molar refractivity (Wildman–Crippen MR) is 29.6 cm³/mol. The zero-order valence-electron chi connectivity index (χ0n) is 5.09. The summed E-state index contributed by atoms with van der Waals surface area (Å²) in [6, 6.07) is 0. The zero-order valence-corrected chi connectivity index (χ0v) is 8.21. The Hall–Kier alpha value is 0.106. The first kappa shape index (κ1) is 12.8. The normalized spacial score (nSPS) is 8.10. The molecule has 0 heterocycles. The van der Waals surface area contributed by atoms with E-state index < -0.39 is 16.0 Å². The maximum atomic E-state index is 9.50. The Kier molecular flexibility index (Phi) is 7.47. The molecule has 0 rings (SSSR count). The van der Waals surface area contributed by atoms with Crippen LogP contribution in [0.25, 0.3) is 0 Å². The van der Waals surface area contributed by atoms with Crippen molar-refractivity contribution in [1.82, 2.24) is 0 Å². The smallest absolute Gasteiger partial charge is 0.287 e. The van der Waals surface area contributed by atoms with Crippen molar-refractivity contribution in [2.24, 2.45) is 0 Å². The van der Waals surface area contributed by atoms with Gasteiger partial charge in [-0.3, -0.25) is 25.0 Å². The Morgan fingerprint density at radius 1 is 1.20 bits per heavy atom. The molecule has 0 bridgehead atoms. The number of carbonyl (C=O) groups excluding carboxylic acids is 1. The van der Waals surface area contributed by atoms with Gasteiger partial charge in [0.1, 0.15) is 9.85 Å². The van der Waals surface area contributed by atoms with Crippen LogP contribution in [0.4, 0.5) is 0 Å². The topological polar surface area (TPSA) is 103 Å². The van der Waals surface area contributed by atoms with Gasteiger partial charge in [0.05, 0.1) is 0 Å². The van der Waals surface area contributed by atoms with Gasteiger partial charge >= 0.3 is 6.17 Å². The quantitative estimate of drug-likeness (QED) is 0.173. The van der Waals surface area contributed by atoms with Crippen LogP contribution in [0.5, 0.6) is 0 Å². The summed E-state index contributed by atoms with van der Waals surface area (Å²) < 4.78 is 0. The van der Waals surface area contributed by atoms with Crippen LogP contribution < -0.4 is 0 Å². The first-order chi connectivity index (χ1) is 4.09. The Bertz CT molecular complexity index is 144. The maximum absolute atomic E-state index is 9.50. The van der Waals surface area contributed by atoms with Gasteiger partial charge in [-0.2, -0.15) is 0 Å². The molecule has 0 N–H and O–H groups in total. The van der Waals surface area contributed by atoms with Crippen molar-refractivity contribution < 1.29 is 14.6 Å². The van der Waals surface area contributed by atoms with E-state index in [4.69, 9.17) is 0 Å².